The minimum Gasteiger partial charge on any atom is -0.460 e. The largest absolute Gasteiger partial charge is 0.460 e. The highest BCUT2D eigenvalue weighted by molar-refractivity contribution is 5.87. The maximum absolute atomic E-state index is 12.8. The summed E-state index contributed by atoms with van der Waals surface area (Å²) in [4.78, 5) is 39.7. The van der Waals surface area contributed by atoms with E-state index in [0.717, 1.165) is 0 Å². The number of ether oxygens (including phenoxy) is 3. The molecule has 7 heteroatoms. The van der Waals surface area contributed by atoms with Crippen LogP contribution >= 0.6 is 0 Å². The molecule has 1 heterocycles. The van der Waals surface area contributed by atoms with Crippen LogP contribution in [0.4, 0.5) is 4.79 Å². The lowest BCUT2D eigenvalue weighted by Gasteiger charge is -2.28. The van der Waals surface area contributed by atoms with E-state index < -0.39 is 34.7 Å². The lowest BCUT2D eigenvalue weighted by molar-refractivity contribution is -0.159. The summed E-state index contributed by atoms with van der Waals surface area (Å²) in [5, 5.41) is 0. The van der Waals surface area contributed by atoms with Crippen molar-refractivity contribution in [2.75, 3.05) is 0 Å². The van der Waals surface area contributed by atoms with Crippen molar-refractivity contribution >= 4 is 18.0 Å². The first-order chi connectivity index (χ1) is 12.5. The molecule has 158 valence electrons. The number of hydrogen-bond donors (Lipinski definition) is 0. The van der Waals surface area contributed by atoms with Gasteiger partial charge in [-0.3, -0.25) is 14.5 Å². The highest BCUT2D eigenvalue weighted by Gasteiger charge is 2.83. The monoisotopic (exact) mass is 395 g/mol. The van der Waals surface area contributed by atoms with Crippen LogP contribution in [-0.2, 0) is 23.8 Å². The summed E-state index contributed by atoms with van der Waals surface area (Å²) in [5.41, 5.74) is -1.85. The van der Waals surface area contributed by atoms with Gasteiger partial charge in [-0.25, -0.2) is 4.79 Å². The van der Waals surface area contributed by atoms with Gasteiger partial charge in [0.25, 0.3) is 0 Å². The molecular weight excluding hydrogens is 362 g/mol. The summed E-state index contributed by atoms with van der Waals surface area (Å²) < 4.78 is 16.6. The molecule has 3 aliphatic rings. The van der Waals surface area contributed by atoms with Crippen molar-refractivity contribution in [1.29, 1.82) is 0 Å². The zero-order valence-corrected chi connectivity index (χ0v) is 18.4. The lowest BCUT2D eigenvalue weighted by Crippen LogP contribution is -2.42. The zero-order chi connectivity index (χ0) is 21.4. The maximum Gasteiger partial charge on any atom is 0.410 e. The average Bonchev–Trinajstić information content (AvgIpc) is 3.26. The molecule has 1 aliphatic heterocycles. The molecule has 0 aromatic heterocycles. The predicted octanol–water partition coefficient (Wildman–Crippen LogP) is 3.15. The fourth-order valence-corrected chi connectivity index (χ4v) is 4.38. The van der Waals surface area contributed by atoms with Crippen LogP contribution in [0.15, 0.2) is 0 Å². The highest BCUT2D eigenvalue weighted by atomic mass is 16.6. The van der Waals surface area contributed by atoms with Gasteiger partial charge in [-0.1, -0.05) is 0 Å². The lowest BCUT2D eigenvalue weighted by atomic mass is 10.1. The minimum atomic E-state index is -0.655. The van der Waals surface area contributed by atoms with Gasteiger partial charge in [0.05, 0.1) is 23.9 Å². The molecule has 6 atom stereocenters. The van der Waals surface area contributed by atoms with Crippen molar-refractivity contribution in [1.82, 2.24) is 4.90 Å². The number of fused-ring (bicyclic) bond motifs is 3. The molecule has 28 heavy (non-hydrogen) atoms. The number of piperidine rings is 2. The Bertz CT molecular complexity index is 649. The molecule has 0 aromatic carbocycles. The predicted molar refractivity (Wildman–Crippen MR) is 101 cm³/mol. The fraction of sp³-hybridized carbons (Fsp3) is 0.857. The van der Waals surface area contributed by atoms with Crippen LogP contribution < -0.4 is 0 Å². The molecule has 1 saturated heterocycles. The van der Waals surface area contributed by atoms with E-state index in [2.05, 4.69) is 0 Å². The Labute approximate surface area is 167 Å². The van der Waals surface area contributed by atoms with E-state index in [1.165, 1.54) is 0 Å². The molecule has 0 bridgehead atoms. The Morgan fingerprint density at radius 2 is 0.929 bits per heavy atom. The number of amides is 1. The van der Waals surface area contributed by atoms with Gasteiger partial charge in [-0.05, 0) is 62.3 Å². The van der Waals surface area contributed by atoms with Crippen LogP contribution in [0.1, 0.15) is 62.3 Å². The van der Waals surface area contributed by atoms with Crippen LogP contribution in [0.5, 0.6) is 0 Å². The standard InChI is InChI=1S/C21H33NO6/c1-19(2,3)26-16(23)12-10-11-13(17(24)27-20(4,5)6)15(11)22(14(10)12)18(25)28-21(7,8)9/h10-15H,1-9H3/t10-,11-,12-,13-,14-,15-/m0/s1. The SMILES string of the molecule is CC(C)(C)OC(=O)[C@H]1[C@@H]2[C@H]3[C@H](C(=O)OC(C)(C)C)[C@H]3N(C(=O)OC(C)(C)C)[C@H]12. The van der Waals surface area contributed by atoms with Gasteiger partial charge < -0.3 is 14.2 Å². The van der Waals surface area contributed by atoms with Crippen LogP contribution in [0.25, 0.3) is 0 Å². The van der Waals surface area contributed by atoms with E-state index in [1.54, 1.807) is 25.7 Å². The second-order valence-corrected chi connectivity index (χ2v) is 11.1. The highest BCUT2D eigenvalue weighted by Crippen LogP contribution is 2.70. The summed E-state index contributed by atoms with van der Waals surface area (Å²) in [6.07, 6.45) is -0.480. The van der Waals surface area contributed by atoms with E-state index >= 15 is 0 Å². The van der Waals surface area contributed by atoms with E-state index in [9.17, 15) is 14.4 Å². The van der Waals surface area contributed by atoms with Gasteiger partial charge in [-0.15, -0.1) is 0 Å². The third-order valence-electron chi connectivity index (χ3n) is 5.12. The molecule has 3 rings (SSSR count). The van der Waals surface area contributed by atoms with Crippen molar-refractivity contribution < 1.29 is 28.6 Å². The molecular formula is C21H33NO6. The Morgan fingerprint density at radius 1 is 0.607 bits per heavy atom. The molecule has 0 unspecified atom stereocenters. The minimum absolute atomic E-state index is 0.0649. The number of carbonyl (C=O) groups excluding carboxylic acids is 3. The number of likely N-dealkylation sites (tertiary alicyclic amines) is 1. The summed E-state index contributed by atoms with van der Waals surface area (Å²) >= 11 is 0. The molecule has 1 amide bonds. The first-order valence-electron chi connectivity index (χ1n) is 9.99. The molecule has 3 fully saturated rings. The molecule has 2 aliphatic carbocycles. The van der Waals surface area contributed by atoms with Gasteiger partial charge in [0, 0.05) is 11.8 Å². The van der Waals surface area contributed by atoms with Gasteiger partial charge >= 0.3 is 18.0 Å². The number of esters is 2. The van der Waals surface area contributed by atoms with Crippen molar-refractivity contribution in [3.8, 4) is 0 Å². The second kappa shape index (κ2) is 6.10. The van der Waals surface area contributed by atoms with E-state index in [-0.39, 0.29) is 35.9 Å². The van der Waals surface area contributed by atoms with Gasteiger partial charge in [0.15, 0.2) is 0 Å². The van der Waals surface area contributed by atoms with Crippen molar-refractivity contribution in [3.63, 3.8) is 0 Å². The third kappa shape index (κ3) is 3.98. The number of rotatable bonds is 2. The smallest absolute Gasteiger partial charge is 0.410 e. The number of hydrogen-bond acceptors (Lipinski definition) is 6. The summed E-state index contributed by atoms with van der Waals surface area (Å²) in [6.45, 7) is 16.3. The zero-order valence-electron chi connectivity index (χ0n) is 18.4. The van der Waals surface area contributed by atoms with Crippen LogP contribution in [0.2, 0.25) is 0 Å². The van der Waals surface area contributed by atoms with E-state index in [1.807, 2.05) is 41.5 Å². The summed E-state index contributed by atoms with van der Waals surface area (Å²) in [5.74, 6) is -1.57. The van der Waals surface area contributed by atoms with Crippen molar-refractivity contribution in [2.45, 2.75) is 91.2 Å². The van der Waals surface area contributed by atoms with E-state index in [4.69, 9.17) is 14.2 Å². The molecule has 0 N–H and O–H groups in total. The van der Waals surface area contributed by atoms with Gasteiger partial charge in [0.2, 0.25) is 0 Å². The van der Waals surface area contributed by atoms with Crippen molar-refractivity contribution in [3.05, 3.63) is 0 Å². The maximum atomic E-state index is 12.8. The molecule has 2 saturated carbocycles. The topological polar surface area (TPSA) is 82.1 Å². The molecule has 0 aromatic rings. The first kappa shape index (κ1) is 20.9. The van der Waals surface area contributed by atoms with Crippen molar-refractivity contribution in [2.24, 2.45) is 23.7 Å². The second-order valence-electron chi connectivity index (χ2n) is 11.1. The van der Waals surface area contributed by atoms with Gasteiger partial charge in [-0.2, -0.15) is 0 Å². The van der Waals surface area contributed by atoms with Crippen LogP contribution in [0.3, 0.4) is 0 Å². The Hall–Kier alpha value is -1.79. The quantitative estimate of drug-likeness (QED) is 0.528. The molecule has 7 nitrogen and oxygen atoms in total. The third-order valence-corrected chi connectivity index (χ3v) is 5.12. The number of nitrogens with zero attached hydrogens (tertiary/aromatic N) is 1. The average molecular weight is 395 g/mol. The summed E-state index contributed by atoms with van der Waals surface area (Å²) in [7, 11) is 0. The van der Waals surface area contributed by atoms with Crippen LogP contribution in [0, 0.1) is 23.7 Å². The molecule has 0 radical (unpaired) electrons. The van der Waals surface area contributed by atoms with Gasteiger partial charge in [0.1, 0.15) is 16.8 Å². The summed E-state index contributed by atoms with van der Waals surface area (Å²) in [6, 6.07) is -0.503. The Morgan fingerprint density at radius 3 is 1.21 bits per heavy atom. The first-order valence-corrected chi connectivity index (χ1v) is 9.99. The van der Waals surface area contributed by atoms with E-state index in [0.29, 0.717) is 0 Å². The number of carbonyl (C=O) groups is 3. The normalized spacial score (nSPS) is 33.5. The van der Waals surface area contributed by atoms with Crippen LogP contribution in [-0.4, -0.2) is 51.8 Å². The fourth-order valence-electron chi connectivity index (χ4n) is 4.38. The molecule has 0 spiro atoms. The Balaban J connectivity index is 1.79. The Kier molecular flexibility index (Phi) is 4.56.